The minimum Gasteiger partial charge on any atom is -0.377 e. The fourth-order valence-corrected chi connectivity index (χ4v) is 2.57. The Labute approximate surface area is 128 Å². The van der Waals surface area contributed by atoms with Crippen molar-refractivity contribution in [2.45, 2.75) is 66.2 Å². The SMILES string of the molecule is CC(C)CC1C(=O)NC(C(C)C)C(=O)N1CCOC(C)C. The molecule has 2 unspecified atom stereocenters. The molecule has 5 heteroatoms. The summed E-state index contributed by atoms with van der Waals surface area (Å²) in [6.45, 7) is 12.9. The number of nitrogens with zero attached hydrogens (tertiary/aromatic N) is 1. The van der Waals surface area contributed by atoms with Gasteiger partial charge in [0, 0.05) is 6.54 Å². The molecule has 2 atom stereocenters. The van der Waals surface area contributed by atoms with E-state index in [0.29, 0.717) is 25.5 Å². The van der Waals surface area contributed by atoms with Crippen LogP contribution in [0.4, 0.5) is 0 Å². The molecule has 5 nitrogen and oxygen atoms in total. The Hall–Kier alpha value is -1.10. The molecule has 1 N–H and O–H groups in total. The second-order valence-electron chi connectivity index (χ2n) is 6.83. The highest BCUT2D eigenvalue weighted by Crippen LogP contribution is 2.20. The number of piperazine rings is 1. The number of hydrogen-bond donors (Lipinski definition) is 1. The zero-order valence-corrected chi connectivity index (χ0v) is 14.2. The van der Waals surface area contributed by atoms with Crippen molar-refractivity contribution in [3.63, 3.8) is 0 Å². The molecule has 21 heavy (non-hydrogen) atoms. The summed E-state index contributed by atoms with van der Waals surface area (Å²) in [4.78, 5) is 26.7. The maximum absolute atomic E-state index is 12.6. The van der Waals surface area contributed by atoms with Crippen molar-refractivity contribution < 1.29 is 14.3 Å². The van der Waals surface area contributed by atoms with E-state index in [0.717, 1.165) is 0 Å². The summed E-state index contributed by atoms with van der Waals surface area (Å²) in [5, 5.41) is 2.88. The van der Waals surface area contributed by atoms with Gasteiger partial charge in [0.1, 0.15) is 12.1 Å². The van der Waals surface area contributed by atoms with Gasteiger partial charge in [-0.05, 0) is 32.1 Å². The van der Waals surface area contributed by atoms with E-state index in [1.54, 1.807) is 4.90 Å². The Kier molecular flexibility index (Phi) is 6.65. The summed E-state index contributed by atoms with van der Waals surface area (Å²) in [5.41, 5.74) is 0. The van der Waals surface area contributed by atoms with E-state index in [2.05, 4.69) is 19.2 Å². The van der Waals surface area contributed by atoms with Gasteiger partial charge in [-0.25, -0.2) is 0 Å². The average molecular weight is 298 g/mol. The minimum absolute atomic E-state index is 0.0163. The maximum atomic E-state index is 12.6. The second-order valence-corrected chi connectivity index (χ2v) is 6.83. The largest absolute Gasteiger partial charge is 0.377 e. The van der Waals surface area contributed by atoms with E-state index in [9.17, 15) is 9.59 Å². The molecule has 1 heterocycles. The smallest absolute Gasteiger partial charge is 0.246 e. The third kappa shape index (κ3) is 4.99. The van der Waals surface area contributed by atoms with Gasteiger partial charge in [0.05, 0.1) is 12.7 Å². The molecule has 0 bridgehead atoms. The van der Waals surface area contributed by atoms with E-state index < -0.39 is 6.04 Å². The van der Waals surface area contributed by atoms with Crippen LogP contribution in [0.25, 0.3) is 0 Å². The van der Waals surface area contributed by atoms with Gasteiger partial charge in [0.25, 0.3) is 0 Å². The van der Waals surface area contributed by atoms with E-state index >= 15 is 0 Å². The first-order valence-corrected chi connectivity index (χ1v) is 7.96. The lowest BCUT2D eigenvalue weighted by Crippen LogP contribution is -2.65. The molecule has 0 aliphatic carbocycles. The van der Waals surface area contributed by atoms with E-state index in [4.69, 9.17) is 4.74 Å². The van der Waals surface area contributed by atoms with Gasteiger partial charge < -0.3 is 15.0 Å². The van der Waals surface area contributed by atoms with Crippen molar-refractivity contribution in [3.8, 4) is 0 Å². The first kappa shape index (κ1) is 18.0. The zero-order chi connectivity index (χ0) is 16.2. The lowest BCUT2D eigenvalue weighted by atomic mass is 9.94. The quantitative estimate of drug-likeness (QED) is 0.780. The van der Waals surface area contributed by atoms with Gasteiger partial charge in [0.15, 0.2) is 0 Å². The number of hydrogen-bond acceptors (Lipinski definition) is 3. The predicted molar refractivity (Wildman–Crippen MR) is 82.8 cm³/mol. The Morgan fingerprint density at radius 3 is 2.24 bits per heavy atom. The summed E-state index contributed by atoms with van der Waals surface area (Å²) in [5.74, 6) is 0.432. The molecule has 0 spiro atoms. The van der Waals surface area contributed by atoms with Crippen LogP contribution in [-0.4, -0.2) is 48.1 Å². The normalized spacial score (nSPS) is 23.4. The Balaban J connectivity index is 2.84. The first-order valence-electron chi connectivity index (χ1n) is 7.96. The van der Waals surface area contributed by atoms with Crippen molar-refractivity contribution in [1.82, 2.24) is 10.2 Å². The van der Waals surface area contributed by atoms with Crippen molar-refractivity contribution in [2.24, 2.45) is 11.8 Å². The summed E-state index contributed by atoms with van der Waals surface area (Å²) >= 11 is 0. The highest BCUT2D eigenvalue weighted by Gasteiger charge is 2.41. The molecule has 1 fully saturated rings. The van der Waals surface area contributed by atoms with Crippen molar-refractivity contribution in [3.05, 3.63) is 0 Å². The van der Waals surface area contributed by atoms with Gasteiger partial charge >= 0.3 is 0 Å². The summed E-state index contributed by atoms with van der Waals surface area (Å²) in [6.07, 6.45) is 0.813. The van der Waals surface area contributed by atoms with E-state index in [1.165, 1.54) is 0 Å². The monoisotopic (exact) mass is 298 g/mol. The molecular formula is C16H30N2O3. The Morgan fingerprint density at radius 1 is 1.14 bits per heavy atom. The number of carbonyl (C=O) groups is 2. The van der Waals surface area contributed by atoms with Gasteiger partial charge in [0.2, 0.25) is 11.8 Å². The highest BCUT2D eigenvalue weighted by atomic mass is 16.5. The fourth-order valence-electron chi connectivity index (χ4n) is 2.57. The third-order valence-corrected chi connectivity index (χ3v) is 3.67. The van der Waals surface area contributed by atoms with Gasteiger partial charge in [-0.15, -0.1) is 0 Å². The Morgan fingerprint density at radius 2 is 1.76 bits per heavy atom. The standard InChI is InChI=1S/C16H30N2O3/c1-10(2)9-13-15(19)17-14(11(3)4)16(20)18(13)7-8-21-12(5)6/h10-14H,7-9H2,1-6H3,(H,17,19). The number of ether oxygens (including phenoxy) is 1. The van der Waals surface area contributed by atoms with Crippen LogP contribution in [0.5, 0.6) is 0 Å². The fraction of sp³-hybridized carbons (Fsp3) is 0.875. The summed E-state index contributed by atoms with van der Waals surface area (Å²) < 4.78 is 5.55. The highest BCUT2D eigenvalue weighted by molar-refractivity contribution is 5.97. The number of carbonyl (C=O) groups excluding carboxylic acids is 2. The summed E-state index contributed by atoms with van der Waals surface area (Å²) in [7, 11) is 0. The van der Waals surface area contributed by atoms with E-state index in [1.807, 2.05) is 27.7 Å². The van der Waals surface area contributed by atoms with Gasteiger partial charge in [-0.2, -0.15) is 0 Å². The zero-order valence-electron chi connectivity index (χ0n) is 14.2. The maximum Gasteiger partial charge on any atom is 0.246 e. The van der Waals surface area contributed by atoms with Crippen LogP contribution < -0.4 is 5.32 Å². The molecule has 0 aromatic carbocycles. The second kappa shape index (κ2) is 7.78. The average Bonchev–Trinajstić information content (AvgIpc) is 2.35. The molecule has 2 amide bonds. The first-order chi connectivity index (χ1) is 9.73. The van der Waals surface area contributed by atoms with Crippen LogP contribution in [0.3, 0.4) is 0 Å². The predicted octanol–water partition coefficient (Wildman–Crippen LogP) is 1.81. The van der Waals surface area contributed by atoms with Crippen molar-refractivity contribution in [2.75, 3.05) is 13.2 Å². The minimum atomic E-state index is -0.417. The van der Waals surface area contributed by atoms with Crippen LogP contribution in [0, 0.1) is 11.8 Å². The lowest BCUT2D eigenvalue weighted by molar-refractivity contribution is -0.152. The van der Waals surface area contributed by atoms with Crippen molar-refractivity contribution >= 4 is 11.8 Å². The van der Waals surface area contributed by atoms with E-state index in [-0.39, 0.29) is 29.9 Å². The van der Waals surface area contributed by atoms with Crippen LogP contribution in [0.15, 0.2) is 0 Å². The summed E-state index contributed by atoms with van der Waals surface area (Å²) in [6, 6.07) is -0.789. The molecule has 122 valence electrons. The van der Waals surface area contributed by atoms with Gasteiger partial charge in [-0.1, -0.05) is 27.7 Å². The number of amides is 2. The molecule has 0 aromatic heterocycles. The Bertz CT molecular complexity index is 367. The molecule has 1 rings (SSSR count). The molecule has 1 saturated heterocycles. The lowest BCUT2D eigenvalue weighted by Gasteiger charge is -2.41. The molecule has 1 aliphatic rings. The molecular weight excluding hydrogens is 268 g/mol. The molecule has 0 radical (unpaired) electrons. The van der Waals surface area contributed by atoms with Crippen LogP contribution in [0.1, 0.15) is 48.0 Å². The van der Waals surface area contributed by atoms with Gasteiger partial charge in [-0.3, -0.25) is 9.59 Å². The van der Waals surface area contributed by atoms with Crippen molar-refractivity contribution in [1.29, 1.82) is 0 Å². The van der Waals surface area contributed by atoms with Crippen LogP contribution in [-0.2, 0) is 14.3 Å². The third-order valence-electron chi connectivity index (χ3n) is 3.67. The van der Waals surface area contributed by atoms with Crippen LogP contribution >= 0.6 is 0 Å². The topological polar surface area (TPSA) is 58.6 Å². The molecule has 1 aliphatic heterocycles. The molecule has 0 aromatic rings. The number of nitrogens with one attached hydrogen (secondary N) is 1. The van der Waals surface area contributed by atoms with Crippen LogP contribution in [0.2, 0.25) is 0 Å². The number of rotatable bonds is 7. The molecule has 0 saturated carbocycles.